The maximum absolute atomic E-state index is 12.0. The predicted octanol–water partition coefficient (Wildman–Crippen LogP) is 3.69. The highest BCUT2D eigenvalue weighted by molar-refractivity contribution is 5.93. The molecule has 4 nitrogen and oxygen atoms in total. The maximum Gasteiger partial charge on any atom is 0.252 e. The van der Waals surface area contributed by atoms with Crippen LogP contribution in [0.1, 0.15) is 41.4 Å². The van der Waals surface area contributed by atoms with Gasteiger partial charge in [0.2, 0.25) is 0 Å². The highest BCUT2D eigenvalue weighted by Crippen LogP contribution is 2.22. The molecule has 0 atom stereocenters. The molecule has 1 N–H and O–H groups in total. The van der Waals surface area contributed by atoms with Gasteiger partial charge < -0.3 is 9.88 Å². The molecule has 1 aromatic carbocycles. The van der Waals surface area contributed by atoms with Crippen LogP contribution in [0.3, 0.4) is 0 Å². The summed E-state index contributed by atoms with van der Waals surface area (Å²) in [7, 11) is 2.06. The van der Waals surface area contributed by atoms with Crippen molar-refractivity contribution < 1.29 is 4.79 Å². The van der Waals surface area contributed by atoms with Crippen LogP contribution in [0.4, 0.5) is 0 Å². The molecule has 0 unspecified atom stereocenters. The Bertz CT molecular complexity index is 834. The molecule has 0 saturated carbocycles. The Morgan fingerprint density at radius 2 is 2.04 bits per heavy atom. The monoisotopic (exact) mass is 321 g/mol. The molecule has 0 aliphatic carbocycles. The summed E-state index contributed by atoms with van der Waals surface area (Å²) in [5.41, 5.74) is 4.06. The average Bonchev–Trinajstić information content (AvgIpc) is 2.92. The van der Waals surface area contributed by atoms with Gasteiger partial charge in [-0.3, -0.25) is 9.78 Å². The number of amides is 1. The number of hydrogen-bond acceptors (Lipinski definition) is 2. The standard InChI is InChI=1S/C20H23N3O/c1-3-4-11-21-20(24)15-9-10-17(22-13-15)12-16-14-23(2)19-8-6-5-7-18(16)19/h5-10,13-14H,3-4,11-12H2,1-2H3,(H,21,24). The molecule has 24 heavy (non-hydrogen) atoms. The number of benzene rings is 1. The number of aryl methyl sites for hydroxylation is 1. The van der Waals surface area contributed by atoms with Gasteiger partial charge in [-0.05, 0) is 30.2 Å². The lowest BCUT2D eigenvalue weighted by Gasteiger charge is -2.05. The largest absolute Gasteiger partial charge is 0.352 e. The summed E-state index contributed by atoms with van der Waals surface area (Å²) in [6.07, 6.45) is 6.65. The van der Waals surface area contributed by atoms with Crippen molar-refractivity contribution in [1.82, 2.24) is 14.9 Å². The van der Waals surface area contributed by atoms with Gasteiger partial charge in [0.25, 0.3) is 5.91 Å². The quantitative estimate of drug-likeness (QED) is 0.704. The summed E-state index contributed by atoms with van der Waals surface area (Å²) in [5, 5.41) is 4.17. The zero-order valence-electron chi connectivity index (χ0n) is 14.2. The van der Waals surface area contributed by atoms with E-state index in [0.717, 1.165) is 25.0 Å². The van der Waals surface area contributed by atoms with Crippen molar-refractivity contribution >= 4 is 16.8 Å². The molecule has 0 aliphatic rings. The topological polar surface area (TPSA) is 46.9 Å². The number of carbonyl (C=O) groups is 1. The van der Waals surface area contributed by atoms with Crippen molar-refractivity contribution in [2.24, 2.45) is 7.05 Å². The molecule has 2 aromatic heterocycles. The predicted molar refractivity (Wildman–Crippen MR) is 97.2 cm³/mol. The van der Waals surface area contributed by atoms with Crippen LogP contribution in [-0.4, -0.2) is 22.0 Å². The SMILES string of the molecule is CCCCNC(=O)c1ccc(Cc2cn(C)c3ccccc23)nc1. The third-order valence-electron chi connectivity index (χ3n) is 4.25. The Morgan fingerprint density at radius 1 is 1.21 bits per heavy atom. The Balaban J connectivity index is 1.73. The highest BCUT2D eigenvalue weighted by atomic mass is 16.1. The molecule has 0 bridgehead atoms. The Morgan fingerprint density at radius 3 is 2.79 bits per heavy atom. The molecular weight excluding hydrogens is 298 g/mol. The number of aromatic nitrogens is 2. The molecule has 0 fully saturated rings. The fourth-order valence-electron chi connectivity index (χ4n) is 2.91. The minimum Gasteiger partial charge on any atom is -0.352 e. The molecule has 0 aliphatic heterocycles. The van der Waals surface area contributed by atoms with Crippen LogP contribution in [-0.2, 0) is 13.5 Å². The van der Waals surface area contributed by atoms with Gasteiger partial charge in [0.1, 0.15) is 0 Å². The van der Waals surface area contributed by atoms with Gasteiger partial charge in [-0.2, -0.15) is 0 Å². The van der Waals surface area contributed by atoms with E-state index in [2.05, 4.69) is 59.3 Å². The number of unbranched alkanes of at least 4 members (excludes halogenated alkanes) is 1. The number of pyridine rings is 1. The van der Waals surface area contributed by atoms with E-state index in [1.165, 1.54) is 16.5 Å². The van der Waals surface area contributed by atoms with Gasteiger partial charge in [-0.15, -0.1) is 0 Å². The van der Waals surface area contributed by atoms with E-state index in [-0.39, 0.29) is 5.91 Å². The Kier molecular flexibility index (Phi) is 4.94. The van der Waals surface area contributed by atoms with Crippen LogP contribution < -0.4 is 5.32 Å². The minimum atomic E-state index is -0.0485. The van der Waals surface area contributed by atoms with Gasteiger partial charge in [0, 0.05) is 49.0 Å². The molecule has 0 radical (unpaired) electrons. The van der Waals surface area contributed by atoms with E-state index in [0.29, 0.717) is 12.1 Å². The van der Waals surface area contributed by atoms with Crippen molar-refractivity contribution in [3.05, 3.63) is 65.6 Å². The fraction of sp³-hybridized carbons (Fsp3) is 0.300. The Hall–Kier alpha value is -2.62. The summed E-state index contributed by atoms with van der Waals surface area (Å²) in [5.74, 6) is -0.0485. The molecular formula is C20H23N3O. The third-order valence-corrected chi connectivity index (χ3v) is 4.25. The second-order valence-electron chi connectivity index (χ2n) is 6.11. The summed E-state index contributed by atoms with van der Waals surface area (Å²) in [6, 6.07) is 12.2. The summed E-state index contributed by atoms with van der Waals surface area (Å²) >= 11 is 0. The number of nitrogens with zero attached hydrogens (tertiary/aromatic N) is 2. The van der Waals surface area contributed by atoms with Crippen LogP contribution >= 0.6 is 0 Å². The molecule has 0 spiro atoms. The van der Waals surface area contributed by atoms with E-state index < -0.39 is 0 Å². The van der Waals surface area contributed by atoms with Crippen molar-refractivity contribution in [3.8, 4) is 0 Å². The molecule has 1 amide bonds. The molecule has 124 valence electrons. The number of rotatable bonds is 6. The van der Waals surface area contributed by atoms with Crippen LogP contribution in [0.2, 0.25) is 0 Å². The van der Waals surface area contributed by atoms with Gasteiger partial charge in [0.15, 0.2) is 0 Å². The zero-order valence-corrected chi connectivity index (χ0v) is 14.2. The van der Waals surface area contributed by atoms with E-state index in [1.807, 2.05) is 12.1 Å². The summed E-state index contributed by atoms with van der Waals surface area (Å²) in [4.78, 5) is 16.5. The lowest BCUT2D eigenvalue weighted by atomic mass is 10.1. The van der Waals surface area contributed by atoms with E-state index in [1.54, 1.807) is 6.20 Å². The summed E-state index contributed by atoms with van der Waals surface area (Å²) < 4.78 is 2.14. The lowest BCUT2D eigenvalue weighted by Crippen LogP contribution is -2.24. The molecule has 3 rings (SSSR count). The maximum atomic E-state index is 12.0. The number of fused-ring (bicyclic) bond motifs is 1. The molecule has 3 aromatic rings. The van der Waals surface area contributed by atoms with Crippen LogP contribution in [0.25, 0.3) is 10.9 Å². The van der Waals surface area contributed by atoms with Crippen molar-refractivity contribution in [1.29, 1.82) is 0 Å². The number of carbonyl (C=O) groups excluding carboxylic acids is 1. The second kappa shape index (κ2) is 7.30. The van der Waals surface area contributed by atoms with Gasteiger partial charge in [0.05, 0.1) is 5.56 Å². The lowest BCUT2D eigenvalue weighted by molar-refractivity contribution is 0.0953. The Labute approximate surface area is 142 Å². The van der Waals surface area contributed by atoms with E-state index in [4.69, 9.17) is 0 Å². The highest BCUT2D eigenvalue weighted by Gasteiger charge is 2.09. The van der Waals surface area contributed by atoms with Crippen molar-refractivity contribution in [3.63, 3.8) is 0 Å². The van der Waals surface area contributed by atoms with Gasteiger partial charge >= 0.3 is 0 Å². The first kappa shape index (κ1) is 16.2. The first-order chi connectivity index (χ1) is 11.7. The van der Waals surface area contributed by atoms with Crippen LogP contribution in [0.5, 0.6) is 0 Å². The number of para-hydroxylation sites is 1. The summed E-state index contributed by atoms with van der Waals surface area (Å²) in [6.45, 7) is 2.82. The first-order valence-electron chi connectivity index (χ1n) is 8.45. The molecule has 0 saturated heterocycles. The number of hydrogen-bond donors (Lipinski definition) is 1. The number of nitrogens with one attached hydrogen (secondary N) is 1. The van der Waals surface area contributed by atoms with Crippen LogP contribution in [0, 0.1) is 0 Å². The van der Waals surface area contributed by atoms with E-state index >= 15 is 0 Å². The average molecular weight is 321 g/mol. The van der Waals surface area contributed by atoms with Gasteiger partial charge in [-0.1, -0.05) is 31.5 Å². The molecule has 2 heterocycles. The van der Waals surface area contributed by atoms with Gasteiger partial charge in [-0.25, -0.2) is 0 Å². The van der Waals surface area contributed by atoms with Crippen molar-refractivity contribution in [2.75, 3.05) is 6.54 Å². The minimum absolute atomic E-state index is 0.0485. The van der Waals surface area contributed by atoms with Crippen LogP contribution in [0.15, 0.2) is 48.8 Å². The second-order valence-corrected chi connectivity index (χ2v) is 6.11. The third kappa shape index (κ3) is 3.48. The smallest absolute Gasteiger partial charge is 0.252 e. The zero-order chi connectivity index (χ0) is 16.9. The first-order valence-corrected chi connectivity index (χ1v) is 8.45. The van der Waals surface area contributed by atoms with Crippen molar-refractivity contribution in [2.45, 2.75) is 26.2 Å². The molecule has 4 heteroatoms. The van der Waals surface area contributed by atoms with E-state index in [9.17, 15) is 4.79 Å². The fourth-order valence-corrected chi connectivity index (χ4v) is 2.91. The normalized spacial score (nSPS) is 10.9.